The van der Waals surface area contributed by atoms with Gasteiger partial charge in [-0.15, -0.1) is 0 Å². The van der Waals surface area contributed by atoms with Gasteiger partial charge in [0.05, 0.1) is 5.02 Å². The van der Waals surface area contributed by atoms with Crippen LogP contribution < -0.4 is 0 Å². The molecule has 3 heteroatoms. The lowest BCUT2D eigenvalue weighted by atomic mass is 9.99. The number of fused-ring (bicyclic) bond motifs is 1. The topological polar surface area (TPSA) is 33.1 Å². The van der Waals surface area contributed by atoms with E-state index < -0.39 is 0 Å². The van der Waals surface area contributed by atoms with Crippen LogP contribution in [-0.4, -0.2) is 10.1 Å². The lowest BCUT2D eigenvalue weighted by Gasteiger charge is -2.11. The van der Waals surface area contributed by atoms with Crippen LogP contribution in [0.1, 0.15) is 25.3 Å². The van der Waals surface area contributed by atoms with E-state index in [1.807, 2.05) is 12.1 Å². The van der Waals surface area contributed by atoms with Gasteiger partial charge in [0.25, 0.3) is 0 Å². The van der Waals surface area contributed by atoms with Gasteiger partial charge in [0.1, 0.15) is 11.3 Å². The number of benzene rings is 1. The van der Waals surface area contributed by atoms with Crippen LogP contribution in [0.3, 0.4) is 0 Å². The number of phenolic OH excluding ortho intramolecular Hbond substituents is 1. The minimum absolute atomic E-state index is 0.200. The van der Waals surface area contributed by atoms with Gasteiger partial charge in [-0.25, -0.2) is 0 Å². The highest BCUT2D eigenvalue weighted by Crippen LogP contribution is 2.33. The molecule has 0 saturated heterocycles. The lowest BCUT2D eigenvalue weighted by molar-refractivity contribution is 0.480. The van der Waals surface area contributed by atoms with Crippen LogP contribution in [0.15, 0.2) is 24.4 Å². The van der Waals surface area contributed by atoms with Crippen molar-refractivity contribution < 1.29 is 5.11 Å². The first-order chi connectivity index (χ1) is 7.11. The minimum Gasteiger partial charge on any atom is -0.506 e. The molecule has 0 bridgehead atoms. The van der Waals surface area contributed by atoms with Gasteiger partial charge in [-0.05, 0) is 17.5 Å². The molecule has 0 aliphatic carbocycles. The van der Waals surface area contributed by atoms with Gasteiger partial charge in [-0.1, -0.05) is 37.6 Å². The van der Waals surface area contributed by atoms with Gasteiger partial charge >= 0.3 is 0 Å². The quantitative estimate of drug-likeness (QED) is 0.796. The molecular formula is C12H12ClNO. The summed E-state index contributed by atoms with van der Waals surface area (Å²) >= 11 is 6.11. The van der Waals surface area contributed by atoms with Crippen molar-refractivity contribution in [2.45, 2.75) is 19.8 Å². The summed E-state index contributed by atoms with van der Waals surface area (Å²) in [6.45, 7) is 4.15. The van der Waals surface area contributed by atoms with E-state index in [0.717, 1.165) is 10.9 Å². The maximum Gasteiger partial charge on any atom is 0.141 e. The fourth-order valence-corrected chi connectivity index (χ4v) is 2.16. The Bertz CT molecular complexity index is 508. The van der Waals surface area contributed by atoms with Crippen LogP contribution in [0.5, 0.6) is 5.75 Å². The average molecular weight is 222 g/mol. The number of halogens is 1. The molecule has 0 saturated carbocycles. The van der Waals surface area contributed by atoms with E-state index in [2.05, 4.69) is 18.8 Å². The fourth-order valence-electron chi connectivity index (χ4n) is 1.79. The van der Waals surface area contributed by atoms with E-state index >= 15 is 0 Å². The summed E-state index contributed by atoms with van der Waals surface area (Å²) in [6.07, 6.45) is 1.60. The van der Waals surface area contributed by atoms with E-state index in [-0.39, 0.29) is 5.75 Å². The number of hydrogen-bond acceptors (Lipinski definition) is 2. The van der Waals surface area contributed by atoms with Crippen LogP contribution in [0, 0.1) is 0 Å². The molecule has 1 aromatic carbocycles. The van der Waals surface area contributed by atoms with Gasteiger partial charge in [0.15, 0.2) is 0 Å². The molecule has 0 spiro atoms. The molecular weight excluding hydrogens is 210 g/mol. The van der Waals surface area contributed by atoms with Gasteiger partial charge in [0.2, 0.25) is 0 Å². The van der Waals surface area contributed by atoms with Crippen LogP contribution >= 0.6 is 11.6 Å². The van der Waals surface area contributed by atoms with Gasteiger partial charge in [0, 0.05) is 11.6 Å². The molecule has 0 fully saturated rings. The van der Waals surface area contributed by atoms with Crippen LogP contribution in [-0.2, 0) is 0 Å². The number of pyridine rings is 1. The Morgan fingerprint density at radius 1 is 1.33 bits per heavy atom. The van der Waals surface area contributed by atoms with Crippen molar-refractivity contribution in [3.63, 3.8) is 0 Å². The molecule has 0 unspecified atom stereocenters. The monoisotopic (exact) mass is 221 g/mol. The molecule has 0 aliphatic rings. The number of hydrogen-bond donors (Lipinski definition) is 1. The summed E-state index contributed by atoms with van der Waals surface area (Å²) in [5, 5.41) is 11.2. The Labute approximate surface area is 93.5 Å². The normalized spacial score (nSPS) is 11.2. The van der Waals surface area contributed by atoms with Crippen molar-refractivity contribution in [2.75, 3.05) is 0 Å². The standard InChI is InChI=1S/C12H12ClNO/c1-7(2)11-8-4-3-5-10(15)12(8)14-6-9(11)13/h3-7,15H,1-2H3. The highest BCUT2D eigenvalue weighted by atomic mass is 35.5. The number of aromatic hydroxyl groups is 1. The third kappa shape index (κ3) is 1.65. The predicted molar refractivity (Wildman–Crippen MR) is 62.5 cm³/mol. The molecule has 2 rings (SSSR count). The summed E-state index contributed by atoms with van der Waals surface area (Å²) in [7, 11) is 0. The first-order valence-electron chi connectivity index (χ1n) is 4.87. The van der Waals surface area contributed by atoms with Crippen LogP contribution in [0.25, 0.3) is 10.9 Å². The molecule has 15 heavy (non-hydrogen) atoms. The zero-order valence-corrected chi connectivity index (χ0v) is 9.42. The summed E-state index contributed by atoms with van der Waals surface area (Å²) in [5.74, 6) is 0.510. The van der Waals surface area contributed by atoms with Gasteiger partial charge in [-0.3, -0.25) is 4.98 Å². The summed E-state index contributed by atoms with van der Waals surface area (Å²) in [5.41, 5.74) is 1.66. The molecule has 1 N–H and O–H groups in total. The predicted octanol–water partition coefficient (Wildman–Crippen LogP) is 3.72. The Kier molecular flexibility index (Phi) is 2.53. The summed E-state index contributed by atoms with van der Waals surface area (Å²) in [6, 6.07) is 5.37. The molecule has 78 valence electrons. The highest BCUT2D eigenvalue weighted by molar-refractivity contribution is 6.32. The highest BCUT2D eigenvalue weighted by Gasteiger charge is 2.12. The van der Waals surface area contributed by atoms with E-state index in [0.29, 0.717) is 16.5 Å². The minimum atomic E-state index is 0.200. The van der Waals surface area contributed by atoms with E-state index in [9.17, 15) is 5.11 Å². The fraction of sp³-hybridized carbons (Fsp3) is 0.250. The zero-order valence-electron chi connectivity index (χ0n) is 8.66. The Morgan fingerprint density at radius 2 is 2.07 bits per heavy atom. The number of para-hydroxylation sites is 1. The molecule has 0 aliphatic heterocycles. The van der Waals surface area contributed by atoms with Crippen molar-refractivity contribution in [2.24, 2.45) is 0 Å². The second-order valence-electron chi connectivity index (χ2n) is 3.85. The molecule has 1 heterocycles. The Balaban J connectivity index is 2.88. The first kappa shape index (κ1) is 10.2. The molecule has 0 radical (unpaired) electrons. The molecule has 2 aromatic rings. The first-order valence-corrected chi connectivity index (χ1v) is 5.25. The second-order valence-corrected chi connectivity index (χ2v) is 4.26. The Morgan fingerprint density at radius 3 is 2.73 bits per heavy atom. The maximum absolute atomic E-state index is 9.66. The molecule has 1 aromatic heterocycles. The number of nitrogens with zero attached hydrogens (tertiary/aromatic N) is 1. The number of aromatic nitrogens is 1. The van der Waals surface area contributed by atoms with E-state index in [1.165, 1.54) is 0 Å². The van der Waals surface area contributed by atoms with Crippen molar-refractivity contribution in [1.82, 2.24) is 4.98 Å². The largest absolute Gasteiger partial charge is 0.506 e. The van der Waals surface area contributed by atoms with Gasteiger partial charge < -0.3 is 5.11 Å². The lowest BCUT2D eigenvalue weighted by Crippen LogP contribution is -1.93. The SMILES string of the molecule is CC(C)c1c(Cl)cnc2c(O)cccc12. The third-order valence-electron chi connectivity index (χ3n) is 2.45. The summed E-state index contributed by atoms with van der Waals surface area (Å²) < 4.78 is 0. The maximum atomic E-state index is 9.66. The molecule has 2 nitrogen and oxygen atoms in total. The van der Waals surface area contributed by atoms with Crippen LogP contribution in [0.4, 0.5) is 0 Å². The van der Waals surface area contributed by atoms with E-state index in [1.54, 1.807) is 12.3 Å². The Hall–Kier alpha value is -1.28. The smallest absolute Gasteiger partial charge is 0.141 e. The van der Waals surface area contributed by atoms with Crippen molar-refractivity contribution in [1.29, 1.82) is 0 Å². The zero-order chi connectivity index (χ0) is 11.0. The molecule has 0 atom stereocenters. The average Bonchev–Trinajstić information content (AvgIpc) is 2.17. The summed E-state index contributed by atoms with van der Waals surface area (Å²) in [4.78, 5) is 4.14. The van der Waals surface area contributed by atoms with Crippen molar-refractivity contribution >= 4 is 22.5 Å². The van der Waals surface area contributed by atoms with E-state index in [4.69, 9.17) is 11.6 Å². The van der Waals surface area contributed by atoms with Crippen molar-refractivity contribution in [3.8, 4) is 5.75 Å². The third-order valence-corrected chi connectivity index (χ3v) is 2.75. The number of phenols is 1. The van der Waals surface area contributed by atoms with Gasteiger partial charge in [-0.2, -0.15) is 0 Å². The second kappa shape index (κ2) is 3.70. The number of rotatable bonds is 1. The van der Waals surface area contributed by atoms with Crippen molar-refractivity contribution in [3.05, 3.63) is 35.0 Å². The van der Waals surface area contributed by atoms with Crippen LogP contribution in [0.2, 0.25) is 5.02 Å². The molecule has 0 amide bonds.